The fourth-order valence-electron chi connectivity index (χ4n) is 0.109. The molecule has 0 aliphatic rings. The van der Waals surface area contributed by atoms with Gasteiger partial charge >= 0.3 is 0 Å². The number of hydrogen-bond donors (Lipinski definition) is 1. The van der Waals surface area contributed by atoms with Crippen molar-refractivity contribution in [1.29, 1.82) is 0 Å². The van der Waals surface area contributed by atoms with Crippen LogP contribution in [0.15, 0.2) is 0 Å². The number of nitrogens with two attached hydrogens (primary N) is 1. The summed E-state index contributed by atoms with van der Waals surface area (Å²) in [5.41, 5.74) is 5.22. The highest BCUT2D eigenvalue weighted by Crippen LogP contribution is 1.86. The summed E-state index contributed by atoms with van der Waals surface area (Å²) in [6.45, 7) is 1.48. The third-order valence-electron chi connectivity index (χ3n) is 0.688. The normalized spacial score (nSPS) is 13.6. The first-order chi connectivity index (χ1) is 3.18. The van der Waals surface area contributed by atoms with Crippen molar-refractivity contribution in [3.05, 3.63) is 0 Å². The third kappa shape index (κ3) is 2.76. The molecule has 0 saturated carbocycles. The lowest BCUT2D eigenvalue weighted by Crippen LogP contribution is -2.29. The van der Waals surface area contributed by atoms with Gasteiger partial charge in [-0.25, -0.2) is 0 Å². The van der Waals surface area contributed by atoms with Crippen molar-refractivity contribution in [3.8, 4) is 0 Å². The van der Waals surface area contributed by atoms with Crippen LogP contribution in [-0.4, -0.2) is 17.2 Å². The second-order valence-electron chi connectivity index (χ2n) is 1.37. The zero-order valence-electron chi connectivity index (χ0n) is 4.15. The molecular formula is C4H8BrNO. The van der Waals surface area contributed by atoms with Gasteiger partial charge in [0, 0.05) is 5.33 Å². The van der Waals surface area contributed by atoms with Crippen molar-refractivity contribution in [3.63, 3.8) is 0 Å². The molecule has 0 fully saturated rings. The van der Waals surface area contributed by atoms with Crippen LogP contribution in [0, 0.1) is 0 Å². The molecule has 0 heterocycles. The average Bonchev–Trinajstić information content (AvgIpc) is 1.65. The molecule has 0 aromatic carbocycles. The molecule has 0 spiro atoms. The van der Waals surface area contributed by atoms with Crippen molar-refractivity contribution in [1.82, 2.24) is 0 Å². The van der Waals surface area contributed by atoms with Gasteiger partial charge in [-0.3, -0.25) is 4.79 Å². The van der Waals surface area contributed by atoms with Crippen LogP contribution in [0.3, 0.4) is 0 Å². The lowest BCUT2D eigenvalue weighted by atomic mass is 10.3. The van der Waals surface area contributed by atoms with Crippen molar-refractivity contribution >= 4 is 21.7 Å². The number of hydrogen-bond acceptors (Lipinski definition) is 2. The van der Waals surface area contributed by atoms with Crippen LogP contribution in [0.2, 0.25) is 0 Å². The predicted octanol–water partition coefficient (Wildman–Crippen LogP) is 0.298. The summed E-state index contributed by atoms with van der Waals surface area (Å²) in [6, 6.07) is -0.319. The first-order valence-corrected chi connectivity index (χ1v) is 3.12. The Kier molecular flexibility index (Phi) is 3.21. The summed E-state index contributed by atoms with van der Waals surface area (Å²) >= 11 is 3.07. The summed E-state index contributed by atoms with van der Waals surface area (Å²) in [5.74, 6) is 0.0249. The van der Waals surface area contributed by atoms with E-state index in [-0.39, 0.29) is 11.8 Å². The minimum absolute atomic E-state index is 0.0249. The molecule has 0 aromatic heterocycles. The van der Waals surface area contributed by atoms with Crippen molar-refractivity contribution in [2.45, 2.75) is 13.0 Å². The van der Waals surface area contributed by atoms with E-state index in [2.05, 4.69) is 15.9 Å². The molecule has 0 aromatic rings. The van der Waals surface area contributed by atoms with Gasteiger partial charge in [0.15, 0.2) is 0 Å². The molecule has 0 bridgehead atoms. The fraction of sp³-hybridized carbons (Fsp3) is 0.750. The van der Waals surface area contributed by atoms with Gasteiger partial charge in [-0.2, -0.15) is 0 Å². The zero-order valence-corrected chi connectivity index (χ0v) is 5.73. The quantitative estimate of drug-likeness (QED) is 0.599. The molecule has 0 rings (SSSR count). The first-order valence-electron chi connectivity index (χ1n) is 2.00. The van der Waals surface area contributed by atoms with Gasteiger partial charge in [0.05, 0.1) is 6.04 Å². The highest BCUT2D eigenvalue weighted by Gasteiger charge is 2.02. The lowest BCUT2D eigenvalue weighted by Gasteiger charge is -1.97. The van der Waals surface area contributed by atoms with Crippen LogP contribution in [0.1, 0.15) is 6.92 Å². The third-order valence-corrected chi connectivity index (χ3v) is 1.39. The number of Topliss-reactive ketones (excluding diaryl/α,β-unsaturated/α-hetero) is 1. The Balaban J connectivity index is 3.34. The number of carbonyl (C=O) groups is 1. The molecular weight excluding hydrogens is 158 g/mol. The first kappa shape index (κ1) is 7.11. The maximum absolute atomic E-state index is 10.2. The van der Waals surface area contributed by atoms with Crippen LogP contribution < -0.4 is 5.73 Å². The lowest BCUT2D eigenvalue weighted by molar-refractivity contribution is -0.117. The summed E-state index contributed by atoms with van der Waals surface area (Å²) < 4.78 is 0. The van der Waals surface area contributed by atoms with Gasteiger partial charge in [0.25, 0.3) is 0 Å². The van der Waals surface area contributed by atoms with E-state index in [0.717, 1.165) is 0 Å². The summed E-state index contributed by atoms with van der Waals surface area (Å²) in [4.78, 5) is 10.2. The Hall–Kier alpha value is 0.110. The summed E-state index contributed by atoms with van der Waals surface area (Å²) in [5, 5.41) is 0.558. The Morgan fingerprint density at radius 1 is 2.00 bits per heavy atom. The van der Waals surface area contributed by atoms with Gasteiger partial charge in [-0.05, 0) is 6.92 Å². The number of rotatable bonds is 2. The molecule has 0 aliphatic heterocycles. The Morgan fingerprint density at radius 3 is 2.43 bits per heavy atom. The number of ketones is 1. The van der Waals surface area contributed by atoms with Crippen molar-refractivity contribution < 1.29 is 4.79 Å². The number of alkyl halides is 1. The van der Waals surface area contributed by atoms with Crippen molar-refractivity contribution in [2.24, 2.45) is 5.73 Å². The highest BCUT2D eigenvalue weighted by atomic mass is 79.9. The molecule has 2 N–H and O–H groups in total. The maximum atomic E-state index is 10.2. The van der Waals surface area contributed by atoms with E-state index >= 15 is 0 Å². The fourth-order valence-corrected chi connectivity index (χ4v) is 0.565. The molecule has 7 heavy (non-hydrogen) atoms. The zero-order chi connectivity index (χ0) is 5.86. The highest BCUT2D eigenvalue weighted by molar-refractivity contribution is 9.09. The Bertz CT molecular complexity index is 74.1. The average molecular weight is 166 g/mol. The second kappa shape index (κ2) is 3.16. The number of carbonyl (C=O) groups excluding carboxylic acids is 1. The molecule has 1 unspecified atom stereocenters. The smallest absolute Gasteiger partial charge is 0.147 e. The monoisotopic (exact) mass is 165 g/mol. The van der Waals surface area contributed by atoms with Crippen LogP contribution in [0.4, 0.5) is 0 Å². The Morgan fingerprint density at radius 2 is 2.43 bits per heavy atom. The molecule has 0 aliphatic carbocycles. The minimum atomic E-state index is -0.319. The van der Waals surface area contributed by atoms with Gasteiger partial charge < -0.3 is 5.73 Å². The van der Waals surface area contributed by atoms with Gasteiger partial charge in [-0.1, -0.05) is 15.9 Å². The number of halogens is 1. The van der Waals surface area contributed by atoms with Gasteiger partial charge in [-0.15, -0.1) is 0 Å². The largest absolute Gasteiger partial charge is 0.321 e. The minimum Gasteiger partial charge on any atom is -0.321 e. The topological polar surface area (TPSA) is 43.1 Å². The van der Waals surface area contributed by atoms with E-state index < -0.39 is 0 Å². The van der Waals surface area contributed by atoms with Gasteiger partial charge in [0.2, 0.25) is 0 Å². The standard InChI is InChI=1S/C4H8BrNO/c1-3(7)4(6)2-5/h4H,2,6H2,1H3. The molecule has 0 saturated heterocycles. The SMILES string of the molecule is CC(=O)C(N)CBr. The molecule has 3 heteroatoms. The van der Waals surface area contributed by atoms with Crippen LogP contribution in [0.5, 0.6) is 0 Å². The van der Waals surface area contributed by atoms with E-state index in [1.54, 1.807) is 0 Å². The van der Waals surface area contributed by atoms with E-state index in [1.807, 2.05) is 0 Å². The Labute approximate surface area is 51.2 Å². The van der Waals surface area contributed by atoms with Crippen LogP contribution in [-0.2, 0) is 4.79 Å². The molecule has 42 valence electrons. The molecule has 0 amide bonds. The molecule has 1 atom stereocenters. The van der Waals surface area contributed by atoms with E-state index in [1.165, 1.54) is 6.92 Å². The molecule has 2 nitrogen and oxygen atoms in total. The van der Waals surface area contributed by atoms with Gasteiger partial charge in [0.1, 0.15) is 5.78 Å². The van der Waals surface area contributed by atoms with Crippen LogP contribution >= 0.6 is 15.9 Å². The van der Waals surface area contributed by atoms with E-state index in [0.29, 0.717) is 5.33 Å². The predicted molar refractivity (Wildman–Crippen MR) is 32.5 cm³/mol. The second-order valence-corrected chi connectivity index (χ2v) is 2.02. The molecule has 0 radical (unpaired) electrons. The van der Waals surface area contributed by atoms with Crippen molar-refractivity contribution in [2.75, 3.05) is 5.33 Å². The van der Waals surface area contributed by atoms with E-state index in [4.69, 9.17) is 5.73 Å². The van der Waals surface area contributed by atoms with E-state index in [9.17, 15) is 4.79 Å². The van der Waals surface area contributed by atoms with Crippen LogP contribution in [0.25, 0.3) is 0 Å². The summed E-state index contributed by atoms with van der Waals surface area (Å²) in [7, 11) is 0. The maximum Gasteiger partial charge on any atom is 0.147 e. The summed E-state index contributed by atoms with van der Waals surface area (Å²) in [6.07, 6.45) is 0.